The van der Waals surface area contributed by atoms with Gasteiger partial charge in [0.15, 0.2) is 9.84 Å². The van der Waals surface area contributed by atoms with Crippen molar-refractivity contribution >= 4 is 27.3 Å². The standard InChI is InChI=1S/C15H19FN2O4S/c1-11(19)18(14-6-8-23(21,22)10-14)7-5-15(20)17-13-4-2-3-12(16)9-13/h2-4,9,14H,5-8,10H2,1H3,(H,17,20). The molecule has 0 saturated carbocycles. The van der Waals surface area contributed by atoms with E-state index in [1.54, 1.807) is 6.07 Å². The van der Waals surface area contributed by atoms with Gasteiger partial charge in [0, 0.05) is 31.6 Å². The molecule has 126 valence electrons. The molecule has 1 saturated heterocycles. The molecule has 1 aromatic rings. The van der Waals surface area contributed by atoms with Crippen LogP contribution in [0.1, 0.15) is 19.8 Å². The summed E-state index contributed by atoms with van der Waals surface area (Å²) in [6, 6.07) is 5.14. The number of anilines is 1. The Morgan fingerprint density at radius 2 is 2.13 bits per heavy atom. The lowest BCUT2D eigenvalue weighted by Crippen LogP contribution is -2.41. The molecule has 1 aliphatic rings. The average molecular weight is 342 g/mol. The first kappa shape index (κ1) is 17.4. The van der Waals surface area contributed by atoms with Crippen LogP contribution in [-0.2, 0) is 19.4 Å². The van der Waals surface area contributed by atoms with Crippen molar-refractivity contribution in [3.05, 3.63) is 30.1 Å². The van der Waals surface area contributed by atoms with E-state index in [-0.39, 0.29) is 42.3 Å². The van der Waals surface area contributed by atoms with Gasteiger partial charge in [0.25, 0.3) is 0 Å². The first-order valence-corrected chi connectivity index (χ1v) is 9.12. The first-order valence-electron chi connectivity index (χ1n) is 7.30. The van der Waals surface area contributed by atoms with E-state index in [1.165, 1.54) is 30.0 Å². The summed E-state index contributed by atoms with van der Waals surface area (Å²) < 4.78 is 36.1. The monoisotopic (exact) mass is 342 g/mol. The highest BCUT2D eigenvalue weighted by Gasteiger charge is 2.33. The molecule has 23 heavy (non-hydrogen) atoms. The Morgan fingerprint density at radius 1 is 1.39 bits per heavy atom. The van der Waals surface area contributed by atoms with Crippen molar-refractivity contribution < 1.29 is 22.4 Å². The predicted molar refractivity (Wildman–Crippen MR) is 84.1 cm³/mol. The van der Waals surface area contributed by atoms with Gasteiger partial charge in [0.05, 0.1) is 11.5 Å². The summed E-state index contributed by atoms with van der Waals surface area (Å²) in [6.45, 7) is 1.49. The van der Waals surface area contributed by atoms with E-state index in [0.717, 1.165) is 0 Å². The van der Waals surface area contributed by atoms with E-state index in [0.29, 0.717) is 12.1 Å². The fourth-order valence-electron chi connectivity index (χ4n) is 2.63. The van der Waals surface area contributed by atoms with Crippen LogP contribution in [0.2, 0.25) is 0 Å². The van der Waals surface area contributed by atoms with Gasteiger partial charge in [-0.3, -0.25) is 9.59 Å². The number of hydrogen-bond acceptors (Lipinski definition) is 4. The van der Waals surface area contributed by atoms with Gasteiger partial charge in [-0.25, -0.2) is 12.8 Å². The molecule has 0 spiro atoms. The minimum Gasteiger partial charge on any atom is -0.338 e. The maximum atomic E-state index is 13.1. The van der Waals surface area contributed by atoms with Gasteiger partial charge in [-0.15, -0.1) is 0 Å². The van der Waals surface area contributed by atoms with Crippen molar-refractivity contribution in [1.29, 1.82) is 0 Å². The van der Waals surface area contributed by atoms with Crippen LogP contribution < -0.4 is 5.32 Å². The summed E-state index contributed by atoms with van der Waals surface area (Å²) >= 11 is 0. The number of carbonyl (C=O) groups excluding carboxylic acids is 2. The van der Waals surface area contributed by atoms with Gasteiger partial charge in [-0.2, -0.15) is 0 Å². The number of hydrogen-bond donors (Lipinski definition) is 1. The SMILES string of the molecule is CC(=O)N(CCC(=O)Nc1cccc(F)c1)C1CCS(=O)(=O)C1. The molecule has 0 radical (unpaired) electrons. The van der Waals surface area contributed by atoms with Gasteiger partial charge in [0.1, 0.15) is 5.82 Å². The number of sulfone groups is 1. The molecule has 0 bridgehead atoms. The molecular weight excluding hydrogens is 323 g/mol. The molecule has 1 atom stereocenters. The predicted octanol–water partition coefficient (Wildman–Crippen LogP) is 1.19. The van der Waals surface area contributed by atoms with Gasteiger partial charge >= 0.3 is 0 Å². The fourth-order valence-corrected chi connectivity index (χ4v) is 4.36. The largest absolute Gasteiger partial charge is 0.338 e. The Morgan fingerprint density at radius 3 is 2.70 bits per heavy atom. The third kappa shape index (κ3) is 5.02. The highest BCUT2D eigenvalue weighted by atomic mass is 32.2. The maximum Gasteiger partial charge on any atom is 0.226 e. The summed E-state index contributed by atoms with van der Waals surface area (Å²) in [5.41, 5.74) is 0.341. The average Bonchev–Trinajstić information content (AvgIpc) is 2.78. The lowest BCUT2D eigenvalue weighted by molar-refractivity contribution is -0.131. The molecule has 1 unspecified atom stereocenters. The normalized spacial score (nSPS) is 19.3. The Kier molecular flexibility index (Phi) is 5.35. The summed E-state index contributed by atoms with van der Waals surface area (Å²) in [6.07, 6.45) is 0.417. The van der Waals surface area contributed by atoms with Crippen LogP contribution in [-0.4, -0.2) is 49.2 Å². The van der Waals surface area contributed by atoms with Gasteiger partial charge < -0.3 is 10.2 Å². The third-order valence-corrected chi connectivity index (χ3v) is 5.49. The minimum absolute atomic E-state index is 0.0205. The van der Waals surface area contributed by atoms with E-state index in [2.05, 4.69) is 5.32 Å². The Bertz CT molecular complexity index is 705. The smallest absolute Gasteiger partial charge is 0.226 e. The number of carbonyl (C=O) groups is 2. The zero-order chi connectivity index (χ0) is 17.0. The Hall–Kier alpha value is -1.96. The van der Waals surface area contributed by atoms with Crippen molar-refractivity contribution in [3.63, 3.8) is 0 Å². The number of benzene rings is 1. The van der Waals surface area contributed by atoms with Gasteiger partial charge in [-0.05, 0) is 24.6 Å². The molecule has 1 aromatic carbocycles. The summed E-state index contributed by atoms with van der Waals surface area (Å²) in [5.74, 6) is -1.06. The molecule has 8 heteroatoms. The van der Waals surface area contributed by atoms with Crippen LogP contribution in [0.5, 0.6) is 0 Å². The number of rotatable bonds is 5. The zero-order valence-corrected chi connectivity index (χ0v) is 13.6. The summed E-state index contributed by atoms with van der Waals surface area (Å²) in [5, 5.41) is 2.55. The molecule has 2 amide bonds. The van der Waals surface area contributed by atoms with Crippen LogP contribution in [0.25, 0.3) is 0 Å². The number of halogens is 1. The van der Waals surface area contributed by atoms with E-state index < -0.39 is 15.7 Å². The van der Waals surface area contributed by atoms with Gasteiger partial charge in [-0.1, -0.05) is 6.07 Å². The molecule has 0 aliphatic carbocycles. The van der Waals surface area contributed by atoms with Crippen LogP contribution in [0.3, 0.4) is 0 Å². The Balaban J connectivity index is 1.91. The highest BCUT2D eigenvalue weighted by Crippen LogP contribution is 2.18. The van der Waals surface area contributed by atoms with E-state index >= 15 is 0 Å². The lowest BCUT2D eigenvalue weighted by Gasteiger charge is -2.26. The molecular formula is C15H19FN2O4S. The van der Waals surface area contributed by atoms with E-state index in [1.807, 2.05) is 0 Å². The molecule has 1 heterocycles. The molecule has 0 aromatic heterocycles. The summed E-state index contributed by atoms with van der Waals surface area (Å²) in [4.78, 5) is 25.0. The van der Waals surface area contributed by atoms with E-state index in [9.17, 15) is 22.4 Å². The minimum atomic E-state index is -3.10. The molecule has 2 rings (SSSR count). The molecule has 1 aliphatic heterocycles. The van der Waals surface area contributed by atoms with Crippen molar-refractivity contribution in [1.82, 2.24) is 4.90 Å². The molecule has 1 N–H and O–H groups in total. The van der Waals surface area contributed by atoms with Crippen LogP contribution in [0.15, 0.2) is 24.3 Å². The number of nitrogens with one attached hydrogen (secondary N) is 1. The molecule has 6 nitrogen and oxygen atoms in total. The second-order valence-electron chi connectivity index (χ2n) is 5.58. The third-order valence-electron chi connectivity index (χ3n) is 3.74. The van der Waals surface area contributed by atoms with Crippen molar-refractivity contribution in [2.24, 2.45) is 0 Å². The number of amides is 2. The molecule has 1 fully saturated rings. The van der Waals surface area contributed by atoms with Crippen molar-refractivity contribution in [2.45, 2.75) is 25.8 Å². The quantitative estimate of drug-likeness (QED) is 0.871. The Labute approximate surface area is 134 Å². The second-order valence-corrected chi connectivity index (χ2v) is 7.81. The zero-order valence-electron chi connectivity index (χ0n) is 12.8. The first-order chi connectivity index (χ1) is 10.8. The van der Waals surface area contributed by atoms with Crippen molar-refractivity contribution in [2.75, 3.05) is 23.4 Å². The fraction of sp³-hybridized carbons (Fsp3) is 0.467. The lowest BCUT2D eigenvalue weighted by atomic mass is 10.2. The van der Waals surface area contributed by atoms with Crippen LogP contribution >= 0.6 is 0 Å². The van der Waals surface area contributed by atoms with Gasteiger partial charge in [0.2, 0.25) is 11.8 Å². The topological polar surface area (TPSA) is 83.6 Å². The maximum absolute atomic E-state index is 13.1. The van der Waals surface area contributed by atoms with Crippen LogP contribution in [0.4, 0.5) is 10.1 Å². The van der Waals surface area contributed by atoms with E-state index in [4.69, 9.17) is 0 Å². The summed E-state index contributed by atoms with van der Waals surface area (Å²) in [7, 11) is -3.10. The van der Waals surface area contributed by atoms with Crippen molar-refractivity contribution in [3.8, 4) is 0 Å². The highest BCUT2D eigenvalue weighted by molar-refractivity contribution is 7.91. The second kappa shape index (κ2) is 7.08. The van der Waals surface area contributed by atoms with Crippen LogP contribution in [0, 0.1) is 5.82 Å². The number of nitrogens with zero attached hydrogens (tertiary/aromatic N) is 1.